The van der Waals surface area contributed by atoms with E-state index < -0.39 is 0 Å². The number of hydrogen-bond donors (Lipinski definition) is 1. The molecule has 2 aromatic carbocycles. The van der Waals surface area contributed by atoms with Crippen LogP contribution in [0.25, 0.3) is 34.3 Å². The summed E-state index contributed by atoms with van der Waals surface area (Å²) in [5, 5.41) is 1.24. The van der Waals surface area contributed by atoms with Crippen molar-refractivity contribution in [2.75, 3.05) is 0 Å². The molecule has 2 heteroatoms. The normalized spacial score (nSPS) is 11.4. The highest BCUT2D eigenvalue weighted by Gasteiger charge is 2.10. The van der Waals surface area contributed by atoms with Gasteiger partial charge in [0.1, 0.15) is 7.05 Å². The molecule has 0 atom stereocenters. The average Bonchev–Trinajstić information content (AvgIpc) is 3.01. The highest BCUT2D eigenvalue weighted by molar-refractivity contribution is 5.98. The van der Waals surface area contributed by atoms with Gasteiger partial charge in [0, 0.05) is 28.6 Å². The number of nitrogens with zero attached hydrogens (tertiary/aromatic N) is 1. The van der Waals surface area contributed by atoms with Crippen molar-refractivity contribution in [1.82, 2.24) is 4.98 Å². The largest absolute Gasteiger partial charge is 0.354 e. The molecular weight excluding hydrogens is 292 g/mol. The van der Waals surface area contributed by atoms with Crippen LogP contribution in [0.5, 0.6) is 0 Å². The van der Waals surface area contributed by atoms with Crippen molar-refractivity contribution in [2.45, 2.75) is 0 Å². The molecule has 0 radical (unpaired) electrons. The van der Waals surface area contributed by atoms with E-state index in [1.807, 2.05) is 17.7 Å². The number of rotatable bonds is 3. The van der Waals surface area contributed by atoms with Crippen LogP contribution in [-0.4, -0.2) is 4.98 Å². The molecule has 116 valence electrons. The van der Waals surface area contributed by atoms with Crippen LogP contribution in [0.4, 0.5) is 0 Å². The van der Waals surface area contributed by atoms with Crippen LogP contribution in [0.1, 0.15) is 11.1 Å². The standard InChI is InChI=1S/C22H18N2/c1-24-15-13-17(14-16-24)11-12-20-19-9-5-6-10-21(19)23-22(20)18-7-3-2-4-8-18/h2-16H,1H3/p+1. The SMILES string of the molecule is C[n+]1ccc(/C=C/c2c(-c3ccccc3)[nH]c3ccccc23)cc1. The molecule has 0 aliphatic heterocycles. The Bertz CT molecular complexity index is 993. The lowest BCUT2D eigenvalue weighted by Crippen LogP contribution is -2.25. The second kappa shape index (κ2) is 6.17. The summed E-state index contributed by atoms with van der Waals surface area (Å²) in [6, 6.07) is 23.2. The minimum atomic E-state index is 1.16. The lowest BCUT2D eigenvalue weighted by Gasteiger charge is -2.01. The van der Waals surface area contributed by atoms with Gasteiger partial charge in [-0.15, -0.1) is 0 Å². The molecule has 0 fully saturated rings. The second-order valence-corrected chi connectivity index (χ2v) is 5.96. The van der Waals surface area contributed by atoms with Gasteiger partial charge >= 0.3 is 0 Å². The first kappa shape index (κ1) is 14.5. The summed E-state index contributed by atoms with van der Waals surface area (Å²) in [6.45, 7) is 0. The monoisotopic (exact) mass is 311 g/mol. The first-order valence-electron chi connectivity index (χ1n) is 8.11. The maximum Gasteiger partial charge on any atom is 0.169 e. The van der Waals surface area contributed by atoms with Gasteiger partial charge in [-0.25, -0.2) is 4.57 Å². The summed E-state index contributed by atoms with van der Waals surface area (Å²) < 4.78 is 2.04. The van der Waals surface area contributed by atoms with Gasteiger partial charge in [0.25, 0.3) is 0 Å². The Morgan fingerprint density at radius 1 is 0.792 bits per heavy atom. The zero-order valence-electron chi connectivity index (χ0n) is 13.6. The van der Waals surface area contributed by atoms with Crippen LogP contribution in [0.2, 0.25) is 0 Å². The zero-order chi connectivity index (χ0) is 16.4. The van der Waals surface area contributed by atoms with Crippen LogP contribution in [0, 0.1) is 0 Å². The van der Waals surface area contributed by atoms with E-state index in [9.17, 15) is 0 Å². The number of fused-ring (bicyclic) bond motifs is 1. The summed E-state index contributed by atoms with van der Waals surface area (Å²) in [4.78, 5) is 3.57. The molecule has 2 nitrogen and oxygen atoms in total. The van der Waals surface area contributed by atoms with Crippen molar-refractivity contribution in [3.05, 3.63) is 90.3 Å². The van der Waals surface area contributed by atoms with Crippen LogP contribution < -0.4 is 4.57 Å². The number of hydrogen-bond acceptors (Lipinski definition) is 0. The van der Waals surface area contributed by atoms with Crippen LogP contribution in [0.3, 0.4) is 0 Å². The summed E-state index contributed by atoms with van der Waals surface area (Å²) in [5.41, 5.74) is 5.94. The van der Waals surface area contributed by atoms with Gasteiger partial charge in [0.2, 0.25) is 0 Å². The number of aryl methyl sites for hydroxylation is 1. The predicted octanol–water partition coefficient (Wildman–Crippen LogP) is 4.83. The molecule has 24 heavy (non-hydrogen) atoms. The number of para-hydroxylation sites is 1. The third kappa shape index (κ3) is 2.74. The highest BCUT2D eigenvalue weighted by Crippen LogP contribution is 2.31. The third-order valence-electron chi connectivity index (χ3n) is 4.26. The third-order valence-corrected chi connectivity index (χ3v) is 4.26. The summed E-state index contributed by atoms with van der Waals surface area (Å²) >= 11 is 0. The maximum absolute atomic E-state index is 3.57. The molecule has 0 unspecified atom stereocenters. The van der Waals surface area contributed by atoms with E-state index in [0.717, 1.165) is 11.2 Å². The van der Waals surface area contributed by atoms with Gasteiger partial charge in [-0.1, -0.05) is 60.7 Å². The quantitative estimate of drug-likeness (QED) is 0.523. The Hall–Kier alpha value is -3.13. The Morgan fingerprint density at radius 2 is 1.50 bits per heavy atom. The number of nitrogens with one attached hydrogen (secondary N) is 1. The Morgan fingerprint density at radius 3 is 2.29 bits per heavy atom. The van der Waals surface area contributed by atoms with Gasteiger partial charge in [0.05, 0.1) is 5.69 Å². The average molecular weight is 311 g/mol. The number of H-pyrrole nitrogens is 1. The van der Waals surface area contributed by atoms with E-state index in [2.05, 4.69) is 90.2 Å². The number of aromatic amines is 1. The molecule has 0 bridgehead atoms. The minimum absolute atomic E-state index is 1.16. The van der Waals surface area contributed by atoms with E-state index in [0.29, 0.717) is 0 Å². The fourth-order valence-corrected chi connectivity index (χ4v) is 2.97. The van der Waals surface area contributed by atoms with Crippen molar-refractivity contribution >= 4 is 23.1 Å². The molecule has 2 aromatic heterocycles. The van der Waals surface area contributed by atoms with Crippen LogP contribution in [-0.2, 0) is 7.05 Å². The van der Waals surface area contributed by atoms with Gasteiger partial charge in [-0.3, -0.25) is 0 Å². The molecule has 4 aromatic rings. The number of pyridine rings is 1. The maximum atomic E-state index is 3.57. The van der Waals surface area contributed by atoms with Crippen molar-refractivity contribution in [2.24, 2.45) is 7.05 Å². The Labute approximate surface area is 141 Å². The van der Waals surface area contributed by atoms with Crippen molar-refractivity contribution < 1.29 is 4.57 Å². The molecule has 0 aliphatic rings. The summed E-state index contributed by atoms with van der Waals surface area (Å²) in [5.74, 6) is 0. The molecule has 0 saturated heterocycles. The highest BCUT2D eigenvalue weighted by atomic mass is 14.9. The molecular formula is C22H19N2+. The first-order valence-corrected chi connectivity index (χ1v) is 8.11. The van der Waals surface area contributed by atoms with Gasteiger partial charge in [-0.2, -0.15) is 0 Å². The van der Waals surface area contributed by atoms with E-state index in [1.54, 1.807) is 0 Å². The topological polar surface area (TPSA) is 19.7 Å². The summed E-state index contributed by atoms with van der Waals surface area (Å²) in [6.07, 6.45) is 8.50. The fourth-order valence-electron chi connectivity index (χ4n) is 2.97. The molecule has 0 spiro atoms. The van der Waals surface area contributed by atoms with Crippen molar-refractivity contribution in [3.63, 3.8) is 0 Å². The molecule has 1 N–H and O–H groups in total. The fraction of sp³-hybridized carbons (Fsp3) is 0.0455. The van der Waals surface area contributed by atoms with Gasteiger partial charge in [-0.05, 0) is 17.2 Å². The predicted molar refractivity (Wildman–Crippen MR) is 100 cm³/mol. The van der Waals surface area contributed by atoms with Gasteiger partial charge < -0.3 is 4.98 Å². The van der Waals surface area contributed by atoms with Crippen molar-refractivity contribution in [1.29, 1.82) is 0 Å². The Kier molecular flexibility index (Phi) is 3.72. The van der Waals surface area contributed by atoms with E-state index in [-0.39, 0.29) is 0 Å². The first-order chi connectivity index (χ1) is 11.8. The molecule has 0 aliphatic carbocycles. The summed E-state index contributed by atoms with van der Waals surface area (Å²) in [7, 11) is 2.03. The van der Waals surface area contributed by atoms with Crippen molar-refractivity contribution in [3.8, 4) is 11.3 Å². The lowest BCUT2D eigenvalue weighted by molar-refractivity contribution is -0.671. The smallest absolute Gasteiger partial charge is 0.169 e. The van der Waals surface area contributed by atoms with E-state index >= 15 is 0 Å². The molecule has 2 heterocycles. The Balaban J connectivity index is 1.85. The molecule has 4 rings (SSSR count). The minimum Gasteiger partial charge on any atom is -0.354 e. The zero-order valence-corrected chi connectivity index (χ0v) is 13.6. The van der Waals surface area contributed by atoms with Crippen LogP contribution >= 0.6 is 0 Å². The second-order valence-electron chi connectivity index (χ2n) is 5.96. The van der Waals surface area contributed by atoms with E-state index in [1.165, 1.54) is 22.1 Å². The van der Waals surface area contributed by atoms with Crippen LogP contribution in [0.15, 0.2) is 79.1 Å². The van der Waals surface area contributed by atoms with E-state index in [4.69, 9.17) is 0 Å². The number of aromatic nitrogens is 2. The number of benzene rings is 2. The van der Waals surface area contributed by atoms with Gasteiger partial charge in [0.15, 0.2) is 12.4 Å². The lowest BCUT2D eigenvalue weighted by atomic mass is 10.0. The molecule has 0 amide bonds. The molecule has 0 saturated carbocycles.